The third kappa shape index (κ3) is 6.68. The van der Waals surface area contributed by atoms with Crippen molar-refractivity contribution in [3.8, 4) is 0 Å². The van der Waals surface area contributed by atoms with Gasteiger partial charge in [0.15, 0.2) is 0 Å². The van der Waals surface area contributed by atoms with Gasteiger partial charge >= 0.3 is 5.97 Å². The van der Waals surface area contributed by atoms with Crippen LogP contribution in [-0.2, 0) is 26.0 Å². The topological polar surface area (TPSA) is 85.4 Å². The monoisotopic (exact) mass is 314 g/mol. The molecule has 1 rings (SSSR count). The molecule has 7 heteroatoms. The molecule has 1 aromatic rings. The summed E-state index contributed by atoms with van der Waals surface area (Å²) < 4.78 is 31.2. The molecule has 0 saturated carbocycles. The van der Waals surface area contributed by atoms with Crippen LogP contribution < -0.4 is 4.72 Å². The molecule has 1 atom stereocenters. The lowest BCUT2D eigenvalue weighted by atomic mass is 10.1. The lowest BCUT2D eigenvalue weighted by Gasteiger charge is -2.18. The van der Waals surface area contributed by atoms with Crippen molar-refractivity contribution in [1.29, 1.82) is 0 Å². The SMILES string of the molecule is COC(=O)C(CC(C)C)NS(=O)(=O)CCc1ccncc1. The standard InChI is InChI=1S/C14H22N2O4S/c1-11(2)10-13(14(17)20-3)16-21(18,19)9-6-12-4-7-15-8-5-12/h4-5,7-8,11,13,16H,6,9-10H2,1-3H3. The molecule has 0 fully saturated rings. The number of pyridine rings is 1. The van der Waals surface area contributed by atoms with Gasteiger partial charge in [0.1, 0.15) is 6.04 Å². The van der Waals surface area contributed by atoms with E-state index < -0.39 is 22.0 Å². The van der Waals surface area contributed by atoms with Gasteiger partial charge in [-0.25, -0.2) is 13.1 Å². The average Bonchev–Trinajstić information content (AvgIpc) is 2.44. The third-order valence-corrected chi connectivity index (χ3v) is 4.31. The molecule has 0 aliphatic rings. The van der Waals surface area contributed by atoms with Crippen molar-refractivity contribution in [2.24, 2.45) is 5.92 Å². The molecule has 0 saturated heterocycles. The second kappa shape index (κ2) is 8.09. The van der Waals surface area contributed by atoms with Gasteiger partial charge in [0.25, 0.3) is 0 Å². The number of aryl methyl sites for hydroxylation is 1. The zero-order chi connectivity index (χ0) is 15.9. The predicted octanol–water partition coefficient (Wildman–Crippen LogP) is 1.13. The fourth-order valence-corrected chi connectivity index (χ4v) is 3.13. The number of hydrogen-bond donors (Lipinski definition) is 1. The number of carbonyl (C=O) groups excluding carboxylic acids is 1. The summed E-state index contributed by atoms with van der Waals surface area (Å²) in [5.41, 5.74) is 0.883. The molecule has 0 amide bonds. The molecule has 0 bridgehead atoms. The maximum Gasteiger partial charge on any atom is 0.323 e. The van der Waals surface area contributed by atoms with E-state index >= 15 is 0 Å². The molecule has 1 aromatic heterocycles. The fourth-order valence-electron chi connectivity index (χ4n) is 1.88. The van der Waals surface area contributed by atoms with Crippen LogP contribution in [-0.4, -0.2) is 38.3 Å². The molecule has 1 heterocycles. The summed E-state index contributed by atoms with van der Waals surface area (Å²) in [6, 6.07) is 2.69. The number of nitrogens with one attached hydrogen (secondary N) is 1. The van der Waals surface area contributed by atoms with Gasteiger partial charge in [0.2, 0.25) is 10.0 Å². The summed E-state index contributed by atoms with van der Waals surface area (Å²) in [5, 5.41) is 0. The summed E-state index contributed by atoms with van der Waals surface area (Å²) >= 11 is 0. The van der Waals surface area contributed by atoms with Gasteiger partial charge in [0, 0.05) is 12.4 Å². The van der Waals surface area contributed by atoms with Crippen LogP contribution in [0, 0.1) is 5.92 Å². The Bertz CT molecular complexity index is 543. The van der Waals surface area contributed by atoms with Crippen LogP contribution in [0.4, 0.5) is 0 Å². The summed E-state index contributed by atoms with van der Waals surface area (Å²) in [4.78, 5) is 15.5. The van der Waals surface area contributed by atoms with E-state index in [4.69, 9.17) is 0 Å². The first kappa shape index (κ1) is 17.6. The Morgan fingerprint density at radius 1 is 1.33 bits per heavy atom. The summed E-state index contributed by atoms with van der Waals surface area (Å²) in [7, 11) is -2.30. The van der Waals surface area contributed by atoms with Gasteiger partial charge in [-0.3, -0.25) is 9.78 Å². The number of sulfonamides is 1. The minimum atomic E-state index is -3.55. The first-order valence-corrected chi connectivity index (χ1v) is 8.46. The van der Waals surface area contributed by atoms with Crippen LogP contribution in [0.1, 0.15) is 25.8 Å². The Balaban J connectivity index is 2.65. The van der Waals surface area contributed by atoms with E-state index in [-0.39, 0.29) is 11.7 Å². The molecule has 6 nitrogen and oxygen atoms in total. The fraction of sp³-hybridized carbons (Fsp3) is 0.571. The Hall–Kier alpha value is -1.47. The molecule has 1 unspecified atom stereocenters. The van der Waals surface area contributed by atoms with Crippen LogP contribution >= 0.6 is 0 Å². The largest absolute Gasteiger partial charge is 0.468 e. The lowest BCUT2D eigenvalue weighted by Crippen LogP contribution is -2.43. The van der Waals surface area contributed by atoms with E-state index in [1.54, 1.807) is 24.5 Å². The second-order valence-corrected chi connectivity index (χ2v) is 7.12. The molecule has 21 heavy (non-hydrogen) atoms. The van der Waals surface area contributed by atoms with Crippen LogP contribution in [0.5, 0.6) is 0 Å². The molecule has 1 N–H and O–H groups in total. The minimum absolute atomic E-state index is 0.0808. The van der Waals surface area contributed by atoms with E-state index in [1.165, 1.54) is 7.11 Å². The van der Waals surface area contributed by atoms with Crippen LogP contribution in [0.3, 0.4) is 0 Å². The van der Waals surface area contributed by atoms with Gasteiger partial charge < -0.3 is 4.74 Å². The van der Waals surface area contributed by atoms with E-state index in [2.05, 4.69) is 14.4 Å². The smallest absolute Gasteiger partial charge is 0.323 e. The summed E-state index contributed by atoms with van der Waals surface area (Å²) in [6.45, 7) is 3.84. The van der Waals surface area contributed by atoms with Crippen LogP contribution in [0.25, 0.3) is 0 Å². The number of carbonyl (C=O) groups is 1. The minimum Gasteiger partial charge on any atom is -0.468 e. The van der Waals surface area contributed by atoms with E-state index in [9.17, 15) is 13.2 Å². The Morgan fingerprint density at radius 2 is 1.95 bits per heavy atom. The van der Waals surface area contributed by atoms with E-state index in [0.29, 0.717) is 12.8 Å². The Morgan fingerprint density at radius 3 is 2.48 bits per heavy atom. The number of nitrogens with zero attached hydrogens (tertiary/aromatic N) is 1. The first-order valence-electron chi connectivity index (χ1n) is 6.81. The number of rotatable bonds is 8. The highest BCUT2D eigenvalue weighted by Crippen LogP contribution is 2.08. The first-order chi connectivity index (χ1) is 9.84. The Kier molecular flexibility index (Phi) is 6.77. The van der Waals surface area contributed by atoms with Crippen LogP contribution in [0.15, 0.2) is 24.5 Å². The molecule has 0 aromatic carbocycles. The number of aromatic nitrogens is 1. The number of ether oxygens (including phenoxy) is 1. The highest BCUT2D eigenvalue weighted by molar-refractivity contribution is 7.89. The molecule has 0 aliphatic carbocycles. The zero-order valence-electron chi connectivity index (χ0n) is 12.6. The molecule has 118 valence electrons. The van der Waals surface area contributed by atoms with Crippen molar-refractivity contribution in [3.63, 3.8) is 0 Å². The third-order valence-electron chi connectivity index (χ3n) is 2.92. The van der Waals surface area contributed by atoms with Crippen LogP contribution in [0.2, 0.25) is 0 Å². The maximum atomic E-state index is 12.1. The van der Waals surface area contributed by atoms with Crippen molar-refractivity contribution in [2.45, 2.75) is 32.7 Å². The van der Waals surface area contributed by atoms with Crippen molar-refractivity contribution in [3.05, 3.63) is 30.1 Å². The highest BCUT2D eigenvalue weighted by atomic mass is 32.2. The average molecular weight is 314 g/mol. The van der Waals surface area contributed by atoms with Gasteiger partial charge in [-0.1, -0.05) is 13.8 Å². The maximum absolute atomic E-state index is 12.1. The van der Waals surface area contributed by atoms with Crippen molar-refractivity contribution in [1.82, 2.24) is 9.71 Å². The van der Waals surface area contributed by atoms with Gasteiger partial charge in [-0.15, -0.1) is 0 Å². The second-order valence-electron chi connectivity index (χ2n) is 5.25. The molecular weight excluding hydrogens is 292 g/mol. The lowest BCUT2D eigenvalue weighted by molar-refractivity contribution is -0.143. The number of hydrogen-bond acceptors (Lipinski definition) is 5. The highest BCUT2D eigenvalue weighted by Gasteiger charge is 2.25. The molecule has 0 radical (unpaired) electrons. The van der Waals surface area contributed by atoms with Crippen molar-refractivity contribution in [2.75, 3.05) is 12.9 Å². The van der Waals surface area contributed by atoms with Gasteiger partial charge in [0.05, 0.1) is 12.9 Å². The van der Waals surface area contributed by atoms with E-state index in [0.717, 1.165) is 5.56 Å². The molecule has 0 aliphatic heterocycles. The van der Waals surface area contributed by atoms with Crippen molar-refractivity contribution >= 4 is 16.0 Å². The summed E-state index contributed by atoms with van der Waals surface area (Å²) in [6.07, 6.45) is 4.01. The van der Waals surface area contributed by atoms with Crippen molar-refractivity contribution < 1.29 is 17.9 Å². The molecule has 0 spiro atoms. The zero-order valence-corrected chi connectivity index (χ0v) is 13.4. The quantitative estimate of drug-likeness (QED) is 0.727. The normalized spacial score (nSPS) is 13.1. The molecular formula is C14H22N2O4S. The van der Waals surface area contributed by atoms with Gasteiger partial charge in [-0.05, 0) is 36.5 Å². The van der Waals surface area contributed by atoms with Gasteiger partial charge in [-0.2, -0.15) is 0 Å². The Labute approximate surface area is 126 Å². The van der Waals surface area contributed by atoms with E-state index in [1.807, 2.05) is 13.8 Å². The number of esters is 1. The number of methoxy groups -OCH3 is 1. The predicted molar refractivity (Wildman–Crippen MR) is 80.1 cm³/mol. The summed E-state index contributed by atoms with van der Waals surface area (Å²) in [5.74, 6) is -0.462.